The molecule has 0 aliphatic rings. The summed E-state index contributed by atoms with van der Waals surface area (Å²) < 4.78 is 5.07. The monoisotopic (exact) mass is 344 g/mol. The number of methoxy groups -OCH3 is 1. The molecule has 0 fully saturated rings. The van der Waals surface area contributed by atoms with Gasteiger partial charge in [-0.25, -0.2) is 0 Å². The van der Waals surface area contributed by atoms with Gasteiger partial charge in [0.1, 0.15) is 4.99 Å². The van der Waals surface area contributed by atoms with Crippen LogP contribution in [0.25, 0.3) is 22.0 Å². The van der Waals surface area contributed by atoms with Crippen molar-refractivity contribution < 1.29 is 4.74 Å². The minimum atomic E-state index is 0.604. The number of thiocarbonyl (C=S) groups is 1. The van der Waals surface area contributed by atoms with Gasteiger partial charge < -0.3 is 15.0 Å². The zero-order chi connectivity index (χ0) is 16.2. The molecule has 0 atom stereocenters. The Hall–Kier alpha value is -1.88. The van der Waals surface area contributed by atoms with E-state index in [-0.39, 0.29) is 0 Å². The van der Waals surface area contributed by atoms with Crippen molar-refractivity contribution in [1.29, 1.82) is 0 Å². The van der Waals surface area contributed by atoms with Crippen LogP contribution in [-0.2, 0) is 4.74 Å². The van der Waals surface area contributed by atoms with Gasteiger partial charge in [0.2, 0.25) is 0 Å². The number of benzene rings is 2. The molecule has 0 aliphatic heterocycles. The van der Waals surface area contributed by atoms with Crippen molar-refractivity contribution in [3.8, 4) is 11.1 Å². The maximum absolute atomic E-state index is 6.19. The molecular weight excluding hydrogens is 328 g/mol. The second kappa shape index (κ2) is 7.13. The van der Waals surface area contributed by atoms with E-state index in [4.69, 9.17) is 28.6 Å². The average Bonchev–Trinajstić information content (AvgIpc) is 2.94. The van der Waals surface area contributed by atoms with E-state index in [1.54, 1.807) is 7.11 Å². The molecule has 1 heterocycles. The fraction of sp³-hybridized carbons (Fsp3) is 0.167. The van der Waals surface area contributed by atoms with Crippen molar-refractivity contribution in [2.24, 2.45) is 0 Å². The highest BCUT2D eigenvalue weighted by Crippen LogP contribution is 2.34. The van der Waals surface area contributed by atoms with Crippen molar-refractivity contribution in [3.63, 3.8) is 0 Å². The summed E-state index contributed by atoms with van der Waals surface area (Å²) in [5.74, 6) is 0. The molecule has 0 radical (unpaired) electrons. The molecule has 3 nitrogen and oxygen atoms in total. The van der Waals surface area contributed by atoms with Gasteiger partial charge in [-0.05, 0) is 23.8 Å². The fourth-order valence-electron chi connectivity index (χ4n) is 2.59. The van der Waals surface area contributed by atoms with Crippen molar-refractivity contribution in [2.45, 2.75) is 0 Å². The molecule has 23 heavy (non-hydrogen) atoms. The van der Waals surface area contributed by atoms with Crippen LogP contribution in [0.1, 0.15) is 5.69 Å². The molecule has 118 valence electrons. The molecule has 0 amide bonds. The third kappa shape index (κ3) is 3.39. The number of H-pyrrole nitrogens is 1. The van der Waals surface area contributed by atoms with Crippen LogP contribution in [0.2, 0.25) is 5.02 Å². The summed E-state index contributed by atoms with van der Waals surface area (Å²) >= 11 is 11.8. The first-order valence-corrected chi connectivity index (χ1v) is 8.13. The van der Waals surface area contributed by atoms with Gasteiger partial charge in [-0.15, -0.1) is 0 Å². The van der Waals surface area contributed by atoms with E-state index in [0.717, 1.165) is 27.7 Å². The van der Waals surface area contributed by atoms with E-state index < -0.39 is 0 Å². The number of aromatic nitrogens is 1. The van der Waals surface area contributed by atoms with Crippen LogP contribution in [-0.4, -0.2) is 30.2 Å². The third-order valence-electron chi connectivity index (χ3n) is 3.64. The molecule has 0 bridgehead atoms. The number of hydrogen-bond acceptors (Lipinski definition) is 2. The molecule has 1 aromatic heterocycles. The zero-order valence-electron chi connectivity index (χ0n) is 12.7. The molecule has 0 aliphatic carbocycles. The maximum atomic E-state index is 6.19. The lowest BCUT2D eigenvalue weighted by Gasteiger charge is -2.09. The summed E-state index contributed by atoms with van der Waals surface area (Å²) in [6, 6.07) is 16.0. The molecule has 5 heteroatoms. The molecule has 3 rings (SSSR count). The molecule has 2 aromatic carbocycles. The van der Waals surface area contributed by atoms with Gasteiger partial charge in [0.25, 0.3) is 0 Å². The van der Waals surface area contributed by atoms with E-state index >= 15 is 0 Å². The van der Waals surface area contributed by atoms with E-state index in [2.05, 4.69) is 22.4 Å². The summed E-state index contributed by atoms with van der Waals surface area (Å²) in [7, 11) is 1.67. The van der Waals surface area contributed by atoms with E-state index in [1.165, 1.54) is 0 Å². The molecule has 0 spiro atoms. The van der Waals surface area contributed by atoms with Crippen LogP contribution in [0.5, 0.6) is 0 Å². The number of hydrogen-bond donors (Lipinski definition) is 2. The number of halogens is 1. The van der Waals surface area contributed by atoms with Crippen molar-refractivity contribution in [2.75, 3.05) is 20.3 Å². The van der Waals surface area contributed by atoms with Gasteiger partial charge in [0, 0.05) is 35.1 Å². The molecule has 0 unspecified atom stereocenters. The number of ether oxygens (including phenoxy) is 1. The summed E-state index contributed by atoms with van der Waals surface area (Å²) in [4.78, 5) is 4.09. The summed E-state index contributed by atoms with van der Waals surface area (Å²) in [5, 5.41) is 5.00. The Labute approximate surface area is 145 Å². The second-order valence-electron chi connectivity index (χ2n) is 5.18. The Morgan fingerprint density at radius 3 is 2.74 bits per heavy atom. The Morgan fingerprint density at radius 1 is 1.22 bits per heavy atom. The van der Waals surface area contributed by atoms with Gasteiger partial charge in [-0.2, -0.15) is 0 Å². The number of fused-ring (bicyclic) bond motifs is 1. The van der Waals surface area contributed by atoms with E-state index in [0.29, 0.717) is 23.2 Å². The highest BCUT2D eigenvalue weighted by molar-refractivity contribution is 7.80. The SMILES string of the molecule is COCCNC(=S)c1[nH]c2ccc(Cl)cc2c1-c1ccccc1. The van der Waals surface area contributed by atoms with Crippen LogP contribution in [0.15, 0.2) is 48.5 Å². The topological polar surface area (TPSA) is 37.0 Å². The van der Waals surface area contributed by atoms with Crippen molar-refractivity contribution in [3.05, 3.63) is 59.2 Å². The van der Waals surface area contributed by atoms with Crippen LogP contribution in [0.3, 0.4) is 0 Å². The molecule has 0 saturated heterocycles. The Balaban J connectivity index is 2.11. The highest BCUT2D eigenvalue weighted by atomic mass is 35.5. The van der Waals surface area contributed by atoms with E-state index in [9.17, 15) is 0 Å². The quantitative estimate of drug-likeness (QED) is 0.532. The summed E-state index contributed by atoms with van der Waals surface area (Å²) in [6.07, 6.45) is 0. The largest absolute Gasteiger partial charge is 0.383 e. The lowest BCUT2D eigenvalue weighted by atomic mass is 10.0. The Bertz CT molecular complexity index is 830. The van der Waals surface area contributed by atoms with Crippen LogP contribution in [0.4, 0.5) is 0 Å². The third-order valence-corrected chi connectivity index (χ3v) is 4.23. The Morgan fingerprint density at radius 2 is 2.00 bits per heavy atom. The second-order valence-corrected chi connectivity index (χ2v) is 6.02. The van der Waals surface area contributed by atoms with Crippen LogP contribution < -0.4 is 5.32 Å². The van der Waals surface area contributed by atoms with Crippen molar-refractivity contribution >= 4 is 39.7 Å². The first kappa shape index (κ1) is 16.0. The van der Waals surface area contributed by atoms with E-state index in [1.807, 2.05) is 36.4 Å². The van der Waals surface area contributed by atoms with Gasteiger partial charge in [-0.1, -0.05) is 54.2 Å². The first-order chi connectivity index (χ1) is 11.2. The minimum absolute atomic E-state index is 0.604. The predicted molar refractivity (Wildman–Crippen MR) is 100 cm³/mol. The average molecular weight is 345 g/mol. The smallest absolute Gasteiger partial charge is 0.123 e. The fourth-order valence-corrected chi connectivity index (χ4v) is 3.02. The number of rotatable bonds is 5. The Kier molecular flexibility index (Phi) is 4.96. The standard InChI is InChI=1S/C18H17ClN2OS/c1-22-10-9-20-18(23)17-16(12-5-3-2-4-6-12)14-11-13(19)7-8-15(14)21-17/h2-8,11,21H,9-10H2,1H3,(H,20,23). The summed E-state index contributed by atoms with van der Waals surface area (Å²) in [5.41, 5.74) is 4.09. The van der Waals surface area contributed by atoms with Gasteiger partial charge in [0.15, 0.2) is 0 Å². The zero-order valence-corrected chi connectivity index (χ0v) is 14.3. The number of nitrogens with one attached hydrogen (secondary N) is 2. The molecule has 0 saturated carbocycles. The van der Waals surface area contributed by atoms with Gasteiger partial charge in [-0.3, -0.25) is 0 Å². The van der Waals surface area contributed by atoms with Gasteiger partial charge >= 0.3 is 0 Å². The predicted octanol–water partition coefficient (Wildman–Crippen LogP) is 4.40. The normalized spacial score (nSPS) is 10.9. The highest BCUT2D eigenvalue weighted by Gasteiger charge is 2.16. The lowest BCUT2D eigenvalue weighted by molar-refractivity contribution is 0.204. The lowest BCUT2D eigenvalue weighted by Crippen LogP contribution is -2.26. The van der Waals surface area contributed by atoms with Crippen LogP contribution >= 0.6 is 23.8 Å². The maximum Gasteiger partial charge on any atom is 0.123 e. The first-order valence-electron chi connectivity index (χ1n) is 7.34. The summed E-state index contributed by atoms with van der Waals surface area (Å²) in [6.45, 7) is 1.27. The van der Waals surface area contributed by atoms with Gasteiger partial charge in [0.05, 0.1) is 12.3 Å². The van der Waals surface area contributed by atoms with Crippen LogP contribution in [0, 0.1) is 0 Å². The molecule has 3 aromatic rings. The molecular formula is C18H17ClN2OS. The minimum Gasteiger partial charge on any atom is -0.383 e. The number of aromatic amines is 1. The molecule has 2 N–H and O–H groups in total. The van der Waals surface area contributed by atoms with Crippen molar-refractivity contribution in [1.82, 2.24) is 10.3 Å².